The summed E-state index contributed by atoms with van der Waals surface area (Å²) in [6.45, 7) is 9.57. The quantitative estimate of drug-likeness (QED) is 0.665. The number of rotatable bonds is 2. The fourth-order valence-electron chi connectivity index (χ4n) is 7.40. The molecule has 1 aromatic rings. The van der Waals surface area contributed by atoms with Crippen LogP contribution in [0, 0.1) is 28.6 Å². The molecule has 0 aliphatic heterocycles. The van der Waals surface area contributed by atoms with Gasteiger partial charge in [-0.3, -0.25) is 0 Å². The zero-order valence-corrected chi connectivity index (χ0v) is 18.1. The highest BCUT2D eigenvalue weighted by atomic mass is 15.1. The van der Waals surface area contributed by atoms with E-state index >= 15 is 0 Å². The molecule has 2 saturated carbocycles. The van der Waals surface area contributed by atoms with Crippen LogP contribution in [0.5, 0.6) is 0 Å². The summed E-state index contributed by atoms with van der Waals surface area (Å²) in [7, 11) is 0. The molecule has 3 heteroatoms. The molecule has 2 N–H and O–H groups in total. The molecule has 4 aliphatic carbocycles. The molecular formula is C25H37N3. The first-order valence-corrected chi connectivity index (χ1v) is 11.5. The summed E-state index contributed by atoms with van der Waals surface area (Å²) in [4.78, 5) is 4.68. The molecule has 2 fully saturated rings. The van der Waals surface area contributed by atoms with Crippen molar-refractivity contribution in [3.8, 4) is 0 Å². The maximum Gasteiger partial charge on any atom is 0.0992 e. The van der Waals surface area contributed by atoms with E-state index in [-0.39, 0.29) is 0 Å². The SMILES string of the molecule is CC(C)c1cn(C2=CCC3C4CC=C5C[C@@H](N)CC[C@]5(C)C4CC[C@]23C)cn1. The molecular weight excluding hydrogens is 342 g/mol. The Morgan fingerprint density at radius 3 is 2.61 bits per heavy atom. The van der Waals surface area contributed by atoms with Crippen LogP contribution in [-0.4, -0.2) is 15.6 Å². The van der Waals surface area contributed by atoms with Gasteiger partial charge in [-0.1, -0.05) is 45.4 Å². The lowest BCUT2D eigenvalue weighted by Gasteiger charge is -2.57. The summed E-state index contributed by atoms with van der Waals surface area (Å²) in [5, 5.41) is 0. The smallest absolute Gasteiger partial charge is 0.0992 e. The fourth-order valence-corrected chi connectivity index (χ4v) is 7.40. The van der Waals surface area contributed by atoms with Crippen LogP contribution in [0.2, 0.25) is 0 Å². The van der Waals surface area contributed by atoms with Crippen molar-refractivity contribution in [1.29, 1.82) is 0 Å². The molecule has 152 valence electrons. The van der Waals surface area contributed by atoms with E-state index in [1.165, 1.54) is 49.9 Å². The predicted octanol–water partition coefficient (Wildman–Crippen LogP) is 5.75. The first-order chi connectivity index (χ1) is 13.3. The van der Waals surface area contributed by atoms with Crippen molar-refractivity contribution in [2.45, 2.75) is 84.6 Å². The van der Waals surface area contributed by atoms with Crippen molar-refractivity contribution >= 4 is 5.70 Å². The predicted molar refractivity (Wildman–Crippen MR) is 116 cm³/mol. The normalized spacial score (nSPS) is 42.5. The van der Waals surface area contributed by atoms with Gasteiger partial charge in [0.15, 0.2) is 0 Å². The van der Waals surface area contributed by atoms with Crippen molar-refractivity contribution in [2.24, 2.45) is 34.3 Å². The Labute approximate surface area is 170 Å². The van der Waals surface area contributed by atoms with Gasteiger partial charge in [-0.2, -0.15) is 0 Å². The van der Waals surface area contributed by atoms with E-state index in [9.17, 15) is 0 Å². The van der Waals surface area contributed by atoms with Crippen molar-refractivity contribution < 1.29 is 0 Å². The topological polar surface area (TPSA) is 43.8 Å². The van der Waals surface area contributed by atoms with Crippen LogP contribution in [0.4, 0.5) is 0 Å². The molecule has 4 aliphatic rings. The molecule has 28 heavy (non-hydrogen) atoms. The molecule has 1 aromatic heterocycles. The van der Waals surface area contributed by atoms with E-state index in [1.807, 2.05) is 0 Å². The Balaban J connectivity index is 1.45. The van der Waals surface area contributed by atoms with Crippen LogP contribution in [0.25, 0.3) is 5.70 Å². The molecule has 6 atom stereocenters. The minimum absolute atomic E-state index is 0.295. The Morgan fingerprint density at radius 1 is 1.07 bits per heavy atom. The van der Waals surface area contributed by atoms with Gasteiger partial charge in [-0.25, -0.2) is 4.98 Å². The molecule has 1 heterocycles. The lowest BCUT2D eigenvalue weighted by Crippen LogP contribution is -2.50. The number of aromatic nitrogens is 2. The number of hydrogen-bond acceptors (Lipinski definition) is 2. The Morgan fingerprint density at radius 2 is 1.86 bits per heavy atom. The Bertz CT molecular complexity index is 831. The lowest BCUT2D eigenvalue weighted by atomic mass is 9.47. The third-order valence-corrected chi connectivity index (χ3v) is 9.15. The molecule has 3 nitrogen and oxygen atoms in total. The Kier molecular flexibility index (Phi) is 4.21. The van der Waals surface area contributed by atoms with E-state index in [0.29, 0.717) is 22.8 Å². The molecule has 3 unspecified atom stereocenters. The number of hydrogen-bond donors (Lipinski definition) is 1. The molecule has 5 rings (SSSR count). The van der Waals surface area contributed by atoms with Gasteiger partial charge in [0.2, 0.25) is 0 Å². The number of nitrogens with two attached hydrogens (primary N) is 1. The molecule has 0 aromatic carbocycles. The molecule has 0 radical (unpaired) electrons. The summed E-state index contributed by atoms with van der Waals surface area (Å²) >= 11 is 0. The fraction of sp³-hybridized carbons (Fsp3) is 0.720. The first-order valence-electron chi connectivity index (χ1n) is 11.5. The van der Waals surface area contributed by atoms with Gasteiger partial charge >= 0.3 is 0 Å². The van der Waals surface area contributed by atoms with Crippen molar-refractivity contribution in [3.63, 3.8) is 0 Å². The van der Waals surface area contributed by atoms with Crippen LogP contribution in [0.15, 0.2) is 30.2 Å². The number of imidazole rings is 1. The van der Waals surface area contributed by atoms with E-state index in [0.717, 1.165) is 24.2 Å². The Hall–Kier alpha value is -1.35. The summed E-state index contributed by atoms with van der Waals surface area (Å²) in [6.07, 6.45) is 18.3. The average Bonchev–Trinajstić information content (AvgIpc) is 3.26. The van der Waals surface area contributed by atoms with Gasteiger partial charge in [0.1, 0.15) is 0 Å². The second kappa shape index (κ2) is 6.32. The molecule has 0 saturated heterocycles. The van der Waals surface area contributed by atoms with Crippen molar-refractivity contribution in [1.82, 2.24) is 9.55 Å². The summed E-state index contributed by atoms with van der Waals surface area (Å²) in [5.74, 6) is 2.93. The maximum absolute atomic E-state index is 6.32. The van der Waals surface area contributed by atoms with Gasteiger partial charge in [-0.15, -0.1) is 0 Å². The van der Waals surface area contributed by atoms with Gasteiger partial charge in [0.25, 0.3) is 0 Å². The van der Waals surface area contributed by atoms with Crippen LogP contribution in [-0.2, 0) is 0 Å². The van der Waals surface area contributed by atoms with Crippen LogP contribution >= 0.6 is 0 Å². The van der Waals surface area contributed by atoms with Gasteiger partial charge < -0.3 is 10.3 Å². The monoisotopic (exact) mass is 379 g/mol. The molecule has 0 amide bonds. The third-order valence-electron chi connectivity index (χ3n) is 9.15. The molecule has 0 bridgehead atoms. The minimum atomic E-state index is 0.295. The maximum atomic E-state index is 6.32. The average molecular weight is 380 g/mol. The zero-order valence-electron chi connectivity index (χ0n) is 18.1. The summed E-state index contributed by atoms with van der Waals surface area (Å²) in [6, 6.07) is 0.390. The zero-order chi connectivity index (χ0) is 19.7. The largest absolute Gasteiger partial charge is 0.327 e. The van der Waals surface area contributed by atoms with Crippen LogP contribution in [0.1, 0.15) is 84.3 Å². The highest BCUT2D eigenvalue weighted by molar-refractivity contribution is 5.57. The third kappa shape index (κ3) is 2.54. The summed E-state index contributed by atoms with van der Waals surface area (Å²) in [5.41, 5.74) is 11.4. The number of nitrogens with zero attached hydrogens (tertiary/aromatic N) is 2. The van der Waals surface area contributed by atoms with E-state index in [4.69, 9.17) is 5.73 Å². The standard InChI is InChI=1S/C25H37N3/c1-16(2)22-14-28(15-27-22)23-8-7-20-19-6-5-17-13-18(26)9-11-24(17,3)21(19)10-12-25(20,23)4/h5,8,14-16,18-21H,6-7,9-13,26H2,1-4H3/t18-,19?,20?,21?,24-,25-/m0/s1. The van der Waals surface area contributed by atoms with E-state index in [1.54, 1.807) is 5.57 Å². The number of allylic oxidation sites excluding steroid dienone is 3. The van der Waals surface area contributed by atoms with Crippen molar-refractivity contribution in [3.05, 3.63) is 35.9 Å². The summed E-state index contributed by atoms with van der Waals surface area (Å²) < 4.78 is 2.35. The highest BCUT2D eigenvalue weighted by Crippen LogP contribution is 2.65. The molecule has 0 spiro atoms. The second-order valence-corrected chi connectivity index (χ2v) is 10.9. The first kappa shape index (κ1) is 18.7. The van der Waals surface area contributed by atoms with Crippen LogP contribution in [0.3, 0.4) is 0 Å². The number of fused-ring (bicyclic) bond motifs is 5. The highest BCUT2D eigenvalue weighted by Gasteiger charge is 2.56. The van der Waals surface area contributed by atoms with Gasteiger partial charge in [0, 0.05) is 23.4 Å². The van der Waals surface area contributed by atoms with Gasteiger partial charge in [0.05, 0.1) is 12.0 Å². The van der Waals surface area contributed by atoms with Crippen LogP contribution < -0.4 is 5.73 Å². The van der Waals surface area contributed by atoms with E-state index in [2.05, 4.69) is 61.9 Å². The van der Waals surface area contributed by atoms with E-state index < -0.39 is 0 Å². The second-order valence-electron chi connectivity index (χ2n) is 10.9. The lowest BCUT2D eigenvalue weighted by molar-refractivity contribution is -0.0127. The minimum Gasteiger partial charge on any atom is -0.327 e. The van der Waals surface area contributed by atoms with Gasteiger partial charge in [-0.05, 0) is 74.0 Å². The van der Waals surface area contributed by atoms with Crippen molar-refractivity contribution in [2.75, 3.05) is 0 Å².